The molecule has 0 bridgehead atoms. The monoisotopic (exact) mass is 469 g/mol. The maximum absolute atomic E-state index is 13.2. The molecule has 1 aliphatic heterocycles. The second-order valence-corrected chi connectivity index (χ2v) is 9.08. The number of ketones is 1. The van der Waals surface area contributed by atoms with Gasteiger partial charge in [-0.1, -0.05) is 32.9 Å². The summed E-state index contributed by atoms with van der Waals surface area (Å²) >= 11 is 0. The van der Waals surface area contributed by atoms with Crippen molar-refractivity contribution in [3.05, 3.63) is 58.7 Å². The highest BCUT2D eigenvalue weighted by atomic mass is 16.5. The minimum absolute atomic E-state index is 0.0879. The maximum Gasteiger partial charge on any atom is 0.295 e. The van der Waals surface area contributed by atoms with Crippen LogP contribution in [0.2, 0.25) is 0 Å². The quantitative estimate of drug-likeness (QED) is 0.361. The molecule has 1 atom stereocenters. The van der Waals surface area contributed by atoms with Crippen LogP contribution in [0.25, 0.3) is 5.76 Å². The first-order valence-electron chi connectivity index (χ1n) is 10.9. The lowest BCUT2D eigenvalue weighted by Gasteiger charge is -2.26. The van der Waals surface area contributed by atoms with Crippen LogP contribution in [-0.4, -0.2) is 61.3 Å². The van der Waals surface area contributed by atoms with E-state index in [2.05, 4.69) is 0 Å². The summed E-state index contributed by atoms with van der Waals surface area (Å²) in [7, 11) is 4.39. The van der Waals surface area contributed by atoms with E-state index in [9.17, 15) is 19.8 Å². The molecular weight excluding hydrogens is 438 g/mol. The van der Waals surface area contributed by atoms with Gasteiger partial charge in [0.15, 0.2) is 11.5 Å². The molecule has 34 heavy (non-hydrogen) atoms. The molecule has 8 nitrogen and oxygen atoms in total. The van der Waals surface area contributed by atoms with Gasteiger partial charge in [-0.25, -0.2) is 0 Å². The Morgan fingerprint density at radius 1 is 1.00 bits per heavy atom. The smallest absolute Gasteiger partial charge is 0.295 e. The fraction of sp³-hybridized carbons (Fsp3) is 0.385. The van der Waals surface area contributed by atoms with Crippen LogP contribution in [0.4, 0.5) is 0 Å². The van der Waals surface area contributed by atoms with Gasteiger partial charge in [0, 0.05) is 13.7 Å². The molecule has 0 aliphatic carbocycles. The van der Waals surface area contributed by atoms with Crippen molar-refractivity contribution in [2.24, 2.45) is 0 Å². The summed E-state index contributed by atoms with van der Waals surface area (Å²) in [5.74, 6) is -1.46. The number of nitrogens with zero attached hydrogens (tertiary/aromatic N) is 1. The van der Waals surface area contributed by atoms with Crippen molar-refractivity contribution in [1.82, 2.24) is 4.90 Å². The topological polar surface area (TPSA) is 106 Å². The molecule has 1 fully saturated rings. The molecule has 1 heterocycles. The molecular formula is C26H31NO7. The van der Waals surface area contributed by atoms with Crippen LogP contribution in [-0.2, 0) is 19.7 Å². The van der Waals surface area contributed by atoms with Crippen molar-refractivity contribution in [3.8, 4) is 17.2 Å². The summed E-state index contributed by atoms with van der Waals surface area (Å²) in [4.78, 5) is 27.5. The lowest BCUT2D eigenvalue weighted by Crippen LogP contribution is -2.32. The molecule has 1 amide bonds. The number of benzene rings is 2. The minimum Gasteiger partial charge on any atom is -0.507 e. The number of phenolic OH excluding ortho intramolecular Hbond substituents is 1. The average molecular weight is 470 g/mol. The number of aliphatic hydroxyl groups excluding tert-OH is 1. The number of carbonyl (C=O) groups is 2. The zero-order valence-electron chi connectivity index (χ0n) is 20.3. The lowest BCUT2D eigenvalue weighted by molar-refractivity contribution is -0.140. The predicted molar refractivity (Wildman–Crippen MR) is 127 cm³/mol. The van der Waals surface area contributed by atoms with Crippen LogP contribution in [0, 0.1) is 0 Å². The number of rotatable bonds is 7. The Balaban J connectivity index is 2.27. The largest absolute Gasteiger partial charge is 0.507 e. The van der Waals surface area contributed by atoms with Crippen molar-refractivity contribution in [3.63, 3.8) is 0 Å². The van der Waals surface area contributed by atoms with E-state index in [1.165, 1.54) is 32.3 Å². The van der Waals surface area contributed by atoms with Gasteiger partial charge in [-0.05, 0) is 40.8 Å². The minimum atomic E-state index is -0.935. The Bertz CT molecular complexity index is 1130. The van der Waals surface area contributed by atoms with E-state index < -0.39 is 17.7 Å². The summed E-state index contributed by atoms with van der Waals surface area (Å²) in [5.41, 5.74) is 1.35. The number of amides is 1. The molecule has 1 saturated heterocycles. The molecule has 0 saturated carbocycles. The van der Waals surface area contributed by atoms with Crippen LogP contribution < -0.4 is 9.47 Å². The van der Waals surface area contributed by atoms with Crippen LogP contribution in [0.15, 0.2) is 42.0 Å². The van der Waals surface area contributed by atoms with Gasteiger partial charge in [-0.15, -0.1) is 0 Å². The number of Topliss-reactive ketones (excluding diaryl/α,β-unsaturated/α-hetero) is 1. The van der Waals surface area contributed by atoms with Gasteiger partial charge in [-0.3, -0.25) is 9.59 Å². The number of methoxy groups -OCH3 is 3. The molecule has 0 spiro atoms. The third-order valence-electron chi connectivity index (χ3n) is 5.92. The molecule has 1 aliphatic rings. The second kappa shape index (κ2) is 9.77. The first-order valence-corrected chi connectivity index (χ1v) is 10.9. The fourth-order valence-corrected chi connectivity index (χ4v) is 4.03. The molecule has 182 valence electrons. The molecule has 2 N–H and O–H groups in total. The summed E-state index contributed by atoms with van der Waals surface area (Å²) in [6, 6.07) is 9.06. The fourth-order valence-electron chi connectivity index (χ4n) is 4.03. The standard InChI is InChI=1S/C26H31NO7/c1-26(2,3)16-8-10-19(33-5)17(14-16)23(29)21-22(15-7-9-20(34-6)18(28)13-15)27(11-12-32-4)25(31)24(21)30/h7-10,13-14,22,28-29H,11-12H2,1-6H3/b23-21+. The molecule has 2 aromatic rings. The van der Waals surface area contributed by atoms with E-state index >= 15 is 0 Å². The number of ether oxygens (including phenoxy) is 3. The lowest BCUT2D eigenvalue weighted by atomic mass is 9.85. The van der Waals surface area contributed by atoms with Crippen LogP contribution in [0.5, 0.6) is 17.2 Å². The van der Waals surface area contributed by atoms with Crippen LogP contribution in [0.3, 0.4) is 0 Å². The van der Waals surface area contributed by atoms with Crippen molar-refractivity contribution >= 4 is 17.4 Å². The van der Waals surface area contributed by atoms with Gasteiger partial charge in [0.25, 0.3) is 11.7 Å². The molecule has 1 unspecified atom stereocenters. The summed E-state index contributed by atoms with van der Waals surface area (Å²) in [6.07, 6.45) is 0. The summed E-state index contributed by atoms with van der Waals surface area (Å²) in [6.45, 7) is 6.40. The highest BCUT2D eigenvalue weighted by Gasteiger charge is 2.46. The Morgan fingerprint density at radius 2 is 1.65 bits per heavy atom. The zero-order chi connectivity index (χ0) is 25.2. The third-order valence-corrected chi connectivity index (χ3v) is 5.92. The first-order chi connectivity index (χ1) is 16.0. The van der Waals surface area contributed by atoms with Gasteiger partial charge in [0.1, 0.15) is 11.5 Å². The van der Waals surface area contributed by atoms with Crippen molar-refractivity contribution in [1.29, 1.82) is 0 Å². The van der Waals surface area contributed by atoms with Crippen molar-refractivity contribution in [2.45, 2.75) is 32.2 Å². The maximum atomic E-state index is 13.2. The van der Waals surface area contributed by atoms with Gasteiger partial charge in [0.2, 0.25) is 0 Å². The Morgan fingerprint density at radius 3 is 2.21 bits per heavy atom. The number of carbonyl (C=O) groups excluding carboxylic acids is 2. The van der Waals surface area contributed by atoms with Gasteiger partial charge < -0.3 is 29.3 Å². The molecule has 3 rings (SSSR count). The van der Waals surface area contributed by atoms with Crippen LogP contribution in [0.1, 0.15) is 43.5 Å². The third kappa shape index (κ3) is 4.59. The van der Waals surface area contributed by atoms with E-state index in [0.29, 0.717) is 16.9 Å². The molecule has 2 aromatic carbocycles. The SMILES string of the molecule is COCCN1C(=O)C(=O)/C(=C(/O)c2cc(C(C)(C)C)ccc2OC)C1c1ccc(OC)c(O)c1. The van der Waals surface area contributed by atoms with E-state index in [1.807, 2.05) is 26.8 Å². The Labute approximate surface area is 199 Å². The average Bonchev–Trinajstić information content (AvgIpc) is 3.05. The number of phenols is 1. The Kier molecular flexibility index (Phi) is 7.21. The molecule has 8 heteroatoms. The Hall–Kier alpha value is -3.52. The van der Waals surface area contributed by atoms with E-state index in [0.717, 1.165) is 5.56 Å². The van der Waals surface area contributed by atoms with Crippen molar-refractivity contribution < 1.29 is 34.0 Å². The first kappa shape index (κ1) is 25.1. The summed E-state index contributed by atoms with van der Waals surface area (Å²) in [5, 5.41) is 21.8. The predicted octanol–water partition coefficient (Wildman–Crippen LogP) is 3.78. The normalized spacial score (nSPS) is 17.8. The van der Waals surface area contributed by atoms with Crippen LogP contribution >= 0.6 is 0 Å². The molecule has 0 radical (unpaired) electrons. The second-order valence-electron chi connectivity index (χ2n) is 9.08. The number of aliphatic hydroxyl groups is 1. The highest BCUT2D eigenvalue weighted by molar-refractivity contribution is 6.46. The van der Waals surface area contributed by atoms with E-state index in [-0.39, 0.29) is 41.4 Å². The van der Waals surface area contributed by atoms with E-state index in [1.54, 1.807) is 24.3 Å². The molecule has 0 aromatic heterocycles. The zero-order valence-corrected chi connectivity index (χ0v) is 20.3. The van der Waals surface area contributed by atoms with Crippen molar-refractivity contribution in [2.75, 3.05) is 34.5 Å². The highest BCUT2D eigenvalue weighted by Crippen LogP contribution is 2.43. The number of likely N-dealkylation sites (tertiary alicyclic amines) is 1. The number of aromatic hydroxyl groups is 1. The van der Waals surface area contributed by atoms with Gasteiger partial charge in [0.05, 0.1) is 38.0 Å². The number of hydrogen-bond donors (Lipinski definition) is 2. The van der Waals surface area contributed by atoms with Gasteiger partial charge in [-0.2, -0.15) is 0 Å². The van der Waals surface area contributed by atoms with E-state index in [4.69, 9.17) is 14.2 Å². The summed E-state index contributed by atoms with van der Waals surface area (Å²) < 4.78 is 15.7. The van der Waals surface area contributed by atoms with Gasteiger partial charge >= 0.3 is 0 Å². The number of hydrogen-bond acceptors (Lipinski definition) is 7.